The van der Waals surface area contributed by atoms with Gasteiger partial charge in [-0.3, -0.25) is 4.18 Å². The van der Waals surface area contributed by atoms with Gasteiger partial charge in [-0.2, -0.15) is 13.7 Å². The number of fused-ring (bicyclic) bond motifs is 1. The van der Waals surface area contributed by atoms with Gasteiger partial charge in [-0.15, -0.1) is 0 Å². The highest BCUT2D eigenvalue weighted by atomic mass is 32.2. The van der Waals surface area contributed by atoms with Crippen LogP contribution in [0.15, 0.2) is 18.2 Å². The van der Waals surface area contributed by atoms with Crippen molar-refractivity contribution in [3.8, 4) is 6.07 Å². The predicted molar refractivity (Wildman–Crippen MR) is 72.5 cm³/mol. The average Bonchev–Trinajstić information content (AvgIpc) is 2.37. The third-order valence-corrected chi connectivity index (χ3v) is 3.68. The molecule has 0 fully saturated rings. The summed E-state index contributed by atoms with van der Waals surface area (Å²) in [7, 11) is -3.38. The quantitative estimate of drug-likeness (QED) is 0.777. The fourth-order valence-electron chi connectivity index (χ4n) is 2.28. The molecule has 0 saturated heterocycles. The molecule has 0 atom stereocenters. The summed E-state index contributed by atoms with van der Waals surface area (Å²) in [4.78, 5) is 2.10. The van der Waals surface area contributed by atoms with Gasteiger partial charge >= 0.3 is 0 Å². The number of benzene rings is 1. The van der Waals surface area contributed by atoms with E-state index >= 15 is 0 Å². The minimum absolute atomic E-state index is 0.151. The average molecular weight is 280 g/mol. The first-order valence-corrected chi connectivity index (χ1v) is 7.93. The monoisotopic (exact) mass is 280 g/mol. The number of aryl methyl sites for hydroxylation is 1. The Morgan fingerprint density at radius 2 is 2.26 bits per heavy atom. The summed E-state index contributed by atoms with van der Waals surface area (Å²) < 4.78 is 26.6. The molecule has 1 aromatic carbocycles. The van der Waals surface area contributed by atoms with E-state index < -0.39 is 10.1 Å². The van der Waals surface area contributed by atoms with E-state index in [0.717, 1.165) is 36.9 Å². The molecule has 0 aromatic heterocycles. The van der Waals surface area contributed by atoms with Gasteiger partial charge in [0.2, 0.25) is 0 Å². The number of nitriles is 1. The molecule has 0 aliphatic carbocycles. The molecule has 102 valence electrons. The van der Waals surface area contributed by atoms with Crippen molar-refractivity contribution in [1.82, 2.24) is 0 Å². The number of anilines is 1. The van der Waals surface area contributed by atoms with Crippen molar-refractivity contribution in [2.75, 3.05) is 30.9 Å². The van der Waals surface area contributed by atoms with Crippen molar-refractivity contribution in [1.29, 1.82) is 5.26 Å². The Kier molecular flexibility index (Phi) is 4.08. The van der Waals surface area contributed by atoms with Crippen LogP contribution in [0, 0.1) is 11.3 Å². The summed E-state index contributed by atoms with van der Waals surface area (Å²) in [5.41, 5.74) is 2.87. The molecule has 19 heavy (non-hydrogen) atoms. The molecular formula is C13H16N2O3S. The molecule has 1 aromatic rings. The van der Waals surface area contributed by atoms with Crippen LogP contribution in [0.5, 0.6) is 0 Å². The molecule has 2 rings (SSSR count). The second-order valence-corrected chi connectivity index (χ2v) is 6.22. The van der Waals surface area contributed by atoms with Crippen molar-refractivity contribution >= 4 is 15.8 Å². The third-order valence-electron chi connectivity index (χ3n) is 3.08. The van der Waals surface area contributed by atoms with Crippen LogP contribution in [0.4, 0.5) is 5.69 Å². The molecule has 5 nitrogen and oxygen atoms in total. The summed E-state index contributed by atoms with van der Waals surface area (Å²) in [6, 6.07) is 7.74. The zero-order valence-corrected chi connectivity index (χ0v) is 11.6. The van der Waals surface area contributed by atoms with Gasteiger partial charge in [0.1, 0.15) is 0 Å². The number of rotatable bonds is 4. The van der Waals surface area contributed by atoms with Gasteiger partial charge in [-0.05, 0) is 36.6 Å². The Morgan fingerprint density at radius 3 is 2.95 bits per heavy atom. The lowest BCUT2D eigenvalue weighted by molar-refractivity contribution is 0.326. The van der Waals surface area contributed by atoms with Crippen LogP contribution in [-0.2, 0) is 20.7 Å². The van der Waals surface area contributed by atoms with Gasteiger partial charge in [-0.1, -0.05) is 0 Å². The maximum absolute atomic E-state index is 10.9. The lowest BCUT2D eigenvalue weighted by Crippen LogP contribution is -2.33. The zero-order chi connectivity index (χ0) is 13.9. The van der Waals surface area contributed by atoms with Gasteiger partial charge in [0.25, 0.3) is 10.1 Å². The molecule has 6 heteroatoms. The second kappa shape index (κ2) is 5.59. The van der Waals surface area contributed by atoms with Crippen LogP contribution in [0.25, 0.3) is 0 Å². The van der Waals surface area contributed by atoms with Gasteiger partial charge in [0.15, 0.2) is 0 Å². The van der Waals surface area contributed by atoms with Crippen LogP contribution in [0.2, 0.25) is 0 Å². The Bertz CT molecular complexity index is 605. The summed E-state index contributed by atoms with van der Waals surface area (Å²) in [5, 5.41) is 8.89. The highest BCUT2D eigenvalue weighted by Crippen LogP contribution is 2.27. The predicted octanol–water partition coefficient (Wildman–Crippen LogP) is 1.29. The molecule has 1 heterocycles. The Labute approximate surface area is 113 Å². The van der Waals surface area contributed by atoms with Crippen LogP contribution in [0.3, 0.4) is 0 Å². The third kappa shape index (κ3) is 3.69. The molecule has 0 bridgehead atoms. The van der Waals surface area contributed by atoms with E-state index in [1.807, 2.05) is 12.1 Å². The summed E-state index contributed by atoms with van der Waals surface area (Å²) >= 11 is 0. The Hall–Kier alpha value is -1.58. The molecule has 1 aliphatic heterocycles. The fourth-order valence-corrected chi connectivity index (χ4v) is 2.65. The van der Waals surface area contributed by atoms with Crippen LogP contribution in [0.1, 0.15) is 17.5 Å². The summed E-state index contributed by atoms with van der Waals surface area (Å²) in [5.74, 6) is 0. The smallest absolute Gasteiger partial charge is 0.264 e. The van der Waals surface area contributed by atoms with Crippen molar-refractivity contribution in [2.45, 2.75) is 12.8 Å². The molecular weight excluding hydrogens is 264 g/mol. The molecule has 0 amide bonds. The largest absolute Gasteiger partial charge is 0.369 e. The molecule has 0 spiro atoms. The van der Waals surface area contributed by atoms with Gasteiger partial charge < -0.3 is 4.90 Å². The van der Waals surface area contributed by atoms with Crippen LogP contribution < -0.4 is 4.90 Å². The zero-order valence-electron chi connectivity index (χ0n) is 10.8. The van der Waals surface area contributed by atoms with E-state index in [9.17, 15) is 8.42 Å². The van der Waals surface area contributed by atoms with E-state index in [1.165, 1.54) is 0 Å². The lowest BCUT2D eigenvalue weighted by Gasteiger charge is -2.31. The minimum Gasteiger partial charge on any atom is -0.369 e. The van der Waals surface area contributed by atoms with E-state index in [0.29, 0.717) is 12.1 Å². The van der Waals surface area contributed by atoms with Crippen molar-refractivity contribution in [2.24, 2.45) is 0 Å². The van der Waals surface area contributed by atoms with Crippen molar-refractivity contribution in [3.05, 3.63) is 29.3 Å². The van der Waals surface area contributed by atoms with E-state index in [1.54, 1.807) is 6.07 Å². The molecule has 0 N–H and O–H groups in total. The first-order valence-electron chi connectivity index (χ1n) is 6.12. The first-order chi connectivity index (χ1) is 8.99. The lowest BCUT2D eigenvalue weighted by atomic mass is 9.99. The van der Waals surface area contributed by atoms with E-state index in [4.69, 9.17) is 9.44 Å². The minimum atomic E-state index is -3.38. The maximum atomic E-state index is 10.9. The molecule has 0 unspecified atom stereocenters. The molecule has 1 aliphatic rings. The van der Waals surface area contributed by atoms with Crippen LogP contribution in [-0.4, -0.2) is 34.4 Å². The molecule has 0 saturated carbocycles. The van der Waals surface area contributed by atoms with Gasteiger partial charge in [0, 0.05) is 18.8 Å². The van der Waals surface area contributed by atoms with E-state index in [2.05, 4.69) is 11.0 Å². The van der Waals surface area contributed by atoms with Crippen molar-refractivity contribution in [3.63, 3.8) is 0 Å². The summed E-state index contributed by atoms with van der Waals surface area (Å²) in [6.45, 7) is 1.57. The number of hydrogen-bond donors (Lipinski definition) is 0. The summed E-state index contributed by atoms with van der Waals surface area (Å²) in [6.07, 6.45) is 3.01. The highest BCUT2D eigenvalue weighted by molar-refractivity contribution is 7.85. The van der Waals surface area contributed by atoms with Gasteiger partial charge in [0.05, 0.1) is 24.5 Å². The highest BCUT2D eigenvalue weighted by Gasteiger charge is 2.17. The Morgan fingerprint density at radius 1 is 1.47 bits per heavy atom. The number of hydrogen-bond acceptors (Lipinski definition) is 5. The van der Waals surface area contributed by atoms with Crippen LogP contribution >= 0.6 is 0 Å². The second-order valence-electron chi connectivity index (χ2n) is 4.57. The SMILES string of the molecule is CS(=O)(=O)OCCN1CCCc2cc(C#N)ccc21. The Balaban J connectivity index is 2.08. The van der Waals surface area contributed by atoms with Gasteiger partial charge in [-0.25, -0.2) is 0 Å². The van der Waals surface area contributed by atoms with E-state index in [-0.39, 0.29) is 6.61 Å². The standard InChI is InChI=1S/C13H16N2O3S/c1-19(16,17)18-8-7-15-6-2-3-12-9-11(10-14)4-5-13(12)15/h4-5,9H,2-3,6-8H2,1H3. The fraction of sp³-hybridized carbons (Fsp3) is 0.462. The van der Waals surface area contributed by atoms with Crippen molar-refractivity contribution < 1.29 is 12.6 Å². The topological polar surface area (TPSA) is 70.4 Å². The molecule has 0 radical (unpaired) electrons. The maximum Gasteiger partial charge on any atom is 0.264 e. The normalized spacial score (nSPS) is 14.8. The number of nitrogens with zero attached hydrogens (tertiary/aromatic N) is 2. The first kappa shape index (κ1) is 13.8.